The zero-order chi connectivity index (χ0) is 14.8. The molecule has 1 fully saturated rings. The van der Waals surface area contributed by atoms with Gasteiger partial charge < -0.3 is 4.90 Å². The first-order chi connectivity index (χ1) is 8.62. The minimum Gasteiger partial charge on any atom is -0.333 e. The first kappa shape index (κ1) is 16.4. The predicted molar refractivity (Wildman–Crippen MR) is 72.0 cm³/mol. The second-order valence-corrected chi connectivity index (χ2v) is 7.89. The topological polar surface area (TPSA) is 57.7 Å². The third kappa shape index (κ3) is 3.66. The minimum absolute atomic E-state index is 0.0261. The van der Waals surface area contributed by atoms with Gasteiger partial charge >= 0.3 is 0 Å². The second-order valence-electron chi connectivity index (χ2n) is 5.80. The van der Waals surface area contributed by atoms with Gasteiger partial charge in [0.25, 0.3) is 0 Å². The molecule has 0 spiro atoms. The molecule has 0 radical (unpaired) electrons. The first-order valence-corrected chi connectivity index (χ1v) is 8.08. The monoisotopic (exact) mass is 294 g/mol. The second kappa shape index (κ2) is 5.75. The van der Waals surface area contributed by atoms with Gasteiger partial charge in [-0.3, -0.25) is 9.18 Å². The average molecular weight is 294 g/mol. The number of sulfonamides is 1. The van der Waals surface area contributed by atoms with Crippen molar-refractivity contribution in [2.24, 2.45) is 0 Å². The third-order valence-corrected chi connectivity index (χ3v) is 5.09. The van der Waals surface area contributed by atoms with E-state index in [0.29, 0.717) is 0 Å². The maximum Gasteiger partial charge on any atom is 0.238 e. The van der Waals surface area contributed by atoms with E-state index in [1.165, 1.54) is 4.31 Å². The molecule has 0 bridgehead atoms. The Hall–Kier alpha value is -0.690. The lowest BCUT2D eigenvalue weighted by atomic mass is 9.98. The molecule has 112 valence electrons. The van der Waals surface area contributed by atoms with E-state index in [1.807, 2.05) is 27.7 Å². The van der Waals surface area contributed by atoms with Crippen LogP contribution in [0.15, 0.2) is 0 Å². The normalized spacial score (nSPS) is 21.2. The van der Waals surface area contributed by atoms with Crippen molar-refractivity contribution in [1.29, 1.82) is 0 Å². The molecule has 1 rings (SSSR count). The van der Waals surface area contributed by atoms with Crippen LogP contribution in [0.4, 0.5) is 4.39 Å². The lowest BCUT2D eigenvalue weighted by Crippen LogP contribution is -2.65. The number of nitrogens with zero attached hydrogens (tertiary/aromatic N) is 2. The van der Waals surface area contributed by atoms with Gasteiger partial charge in [0, 0.05) is 12.6 Å². The highest BCUT2D eigenvalue weighted by Gasteiger charge is 2.43. The summed E-state index contributed by atoms with van der Waals surface area (Å²) in [6, 6.07) is 0.0261. The fourth-order valence-corrected chi connectivity index (χ4v) is 4.23. The maximum absolute atomic E-state index is 12.1. The molecular weight excluding hydrogens is 271 g/mol. The number of rotatable bonds is 5. The van der Waals surface area contributed by atoms with Gasteiger partial charge in [-0.05, 0) is 34.1 Å². The number of halogens is 1. The molecule has 0 aromatic rings. The smallest absolute Gasteiger partial charge is 0.238 e. The van der Waals surface area contributed by atoms with Crippen molar-refractivity contribution in [3.8, 4) is 0 Å². The van der Waals surface area contributed by atoms with Crippen molar-refractivity contribution < 1.29 is 17.6 Å². The predicted octanol–water partition coefficient (Wildman–Crippen LogP) is 1.01. The van der Waals surface area contributed by atoms with E-state index in [1.54, 1.807) is 4.90 Å². The largest absolute Gasteiger partial charge is 0.333 e. The Morgan fingerprint density at radius 2 is 1.95 bits per heavy atom. The molecule has 1 aliphatic rings. The van der Waals surface area contributed by atoms with Crippen molar-refractivity contribution in [1.82, 2.24) is 9.21 Å². The van der Waals surface area contributed by atoms with Gasteiger partial charge in [-0.15, -0.1) is 0 Å². The third-order valence-electron chi connectivity index (χ3n) is 3.24. The van der Waals surface area contributed by atoms with Crippen LogP contribution in [0, 0.1) is 0 Å². The van der Waals surface area contributed by atoms with Gasteiger partial charge in [0.15, 0.2) is 0 Å². The summed E-state index contributed by atoms with van der Waals surface area (Å²) in [5.41, 5.74) is -0.549. The van der Waals surface area contributed by atoms with E-state index in [9.17, 15) is 17.6 Å². The standard InChI is InChI=1S/C12H23FN2O3S/c1-10(2)15-11(16)8-14(9-12(15,3)4)19(17,18)7-5-6-13/h10H,5-9H2,1-4H3. The number of amides is 1. The first-order valence-electron chi connectivity index (χ1n) is 6.48. The summed E-state index contributed by atoms with van der Waals surface area (Å²) in [5, 5.41) is 0. The van der Waals surface area contributed by atoms with Crippen LogP contribution in [0.5, 0.6) is 0 Å². The molecule has 0 aliphatic carbocycles. The van der Waals surface area contributed by atoms with Crippen LogP contribution in [-0.4, -0.2) is 60.6 Å². The Kier molecular flexibility index (Phi) is 4.95. The minimum atomic E-state index is -3.55. The van der Waals surface area contributed by atoms with Gasteiger partial charge in [-0.2, -0.15) is 4.31 Å². The molecule has 1 saturated heterocycles. The zero-order valence-electron chi connectivity index (χ0n) is 12.0. The Morgan fingerprint density at radius 3 is 2.37 bits per heavy atom. The van der Waals surface area contributed by atoms with Crippen molar-refractivity contribution in [2.75, 3.05) is 25.5 Å². The van der Waals surface area contributed by atoms with E-state index < -0.39 is 22.2 Å². The summed E-state index contributed by atoms with van der Waals surface area (Å²) in [4.78, 5) is 13.8. The summed E-state index contributed by atoms with van der Waals surface area (Å²) in [6.45, 7) is 6.97. The molecule has 0 aromatic heterocycles. The Morgan fingerprint density at radius 1 is 1.37 bits per heavy atom. The van der Waals surface area contributed by atoms with Crippen LogP contribution in [0.1, 0.15) is 34.1 Å². The van der Waals surface area contributed by atoms with Crippen molar-refractivity contribution in [3.05, 3.63) is 0 Å². The lowest BCUT2D eigenvalue weighted by Gasteiger charge is -2.48. The highest BCUT2D eigenvalue weighted by atomic mass is 32.2. The fraction of sp³-hybridized carbons (Fsp3) is 0.917. The number of hydrogen-bond acceptors (Lipinski definition) is 3. The highest BCUT2D eigenvalue weighted by molar-refractivity contribution is 7.89. The number of piperazine rings is 1. The number of hydrogen-bond donors (Lipinski definition) is 0. The van der Waals surface area contributed by atoms with E-state index in [-0.39, 0.29) is 37.2 Å². The summed E-state index contributed by atoms with van der Waals surface area (Å²) < 4.78 is 37.4. The quantitative estimate of drug-likeness (QED) is 0.760. The van der Waals surface area contributed by atoms with E-state index in [0.717, 1.165) is 0 Å². The molecule has 5 nitrogen and oxygen atoms in total. The van der Waals surface area contributed by atoms with Crippen LogP contribution < -0.4 is 0 Å². The molecule has 0 unspecified atom stereocenters. The summed E-state index contributed by atoms with van der Waals surface area (Å²) >= 11 is 0. The lowest BCUT2D eigenvalue weighted by molar-refractivity contribution is -0.144. The molecule has 0 saturated carbocycles. The van der Waals surface area contributed by atoms with Crippen molar-refractivity contribution >= 4 is 15.9 Å². The number of alkyl halides is 1. The van der Waals surface area contributed by atoms with E-state index in [4.69, 9.17) is 0 Å². The Labute approximate surface area is 114 Å². The summed E-state index contributed by atoms with van der Waals surface area (Å²) in [5.74, 6) is -0.441. The molecule has 0 atom stereocenters. The van der Waals surface area contributed by atoms with Crippen LogP contribution >= 0.6 is 0 Å². The number of carbonyl (C=O) groups excluding carboxylic acids is 1. The molecule has 1 amide bonds. The zero-order valence-corrected chi connectivity index (χ0v) is 12.8. The van der Waals surface area contributed by atoms with Gasteiger partial charge in [0.2, 0.25) is 15.9 Å². The molecule has 1 heterocycles. The maximum atomic E-state index is 12.1. The van der Waals surface area contributed by atoms with E-state index in [2.05, 4.69) is 0 Å². The van der Waals surface area contributed by atoms with Crippen molar-refractivity contribution in [3.63, 3.8) is 0 Å². The number of carbonyl (C=O) groups is 1. The molecule has 1 aliphatic heterocycles. The van der Waals surface area contributed by atoms with Crippen LogP contribution in [0.25, 0.3) is 0 Å². The summed E-state index contributed by atoms with van der Waals surface area (Å²) in [7, 11) is -3.55. The Bertz CT molecular complexity index is 434. The van der Waals surface area contributed by atoms with Gasteiger partial charge in [-0.25, -0.2) is 8.42 Å². The van der Waals surface area contributed by atoms with Gasteiger partial charge in [-0.1, -0.05) is 0 Å². The SMILES string of the molecule is CC(C)N1C(=O)CN(S(=O)(=O)CCCF)CC1(C)C. The fourth-order valence-electron chi connectivity index (χ4n) is 2.68. The molecule has 0 N–H and O–H groups in total. The molecular formula is C12H23FN2O3S. The van der Waals surface area contributed by atoms with Gasteiger partial charge in [0.1, 0.15) is 0 Å². The van der Waals surface area contributed by atoms with E-state index >= 15 is 0 Å². The van der Waals surface area contributed by atoms with Crippen LogP contribution in [-0.2, 0) is 14.8 Å². The highest BCUT2D eigenvalue weighted by Crippen LogP contribution is 2.26. The van der Waals surface area contributed by atoms with Gasteiger partial charge in [0.05, 0.1) is 24.5 Å². The van der Waals surface area contributed by atoms with Crippen LogP contribution in [0.3, 0.4) is 0 Å². The molecule has 0 aromatic carbocycles. The molecule has 19 heavy (non-hydrogen) atoms. The van der Waals surface area contributed by atoms with Crippen molar-refractivity contribution in [2.45, 2.75) is 45.7 Å². The summed E-state index contributed by atoms with van der Waals surface area (Å²) in [6.07, 6.45) is -0.0264. The molecule has 7 heteroatoms. The van der Waals surface area contributed by atoms with Crippen LogP contribution in [0.2, 0.25) is 0 Å². The Balaban J connectivity index is 2.92. The average Bonchev–Trinajstić information content (AvgIpc) is 2.23.